The summed E-state index contributed by atoms with van der Waals surface area (Å²) >= 11 is 0. The molecule has 50 heavy (non-hydrogen) atoms. The predicted octanol–water partition coefficient (Wildman–Crippen LogP) is 9.48. The van der Waals surface area contributed by atoms with E-state index < -0.39 is 8.07 Å². The van der Waals surface area contributed by atoms with E-state index in [4.69, 9.17) is 0 Å². The molecule has 0 unspecified atom stereocenters. The first-order valence-electron chi connectivity index (χ1n) is 17.4. The maximum Gasteiger partial charge on any atom is 0.180 e. The lowest BCUT2D eigenvalue weighted by Crippen LogP contribution is -2.72. The van der Waals surface area contributed by atoms with E-state index in [1.165, 1.54) is 81.6 Å². The first-order valence-corrected chi connectivity index (χ1v) is 19.4. The maximum atomic E-state index is 2.46. The van der Waals surface area contributed by atoms with Gasteiger partial charge in [-0.15, -0.1) is 0 Å². The fourth-order valence-corrected chi connectivity index (χ4v) is 13.6. The molecule has 234 valence electrons. The molecule has 1 aliphatic rings. The van der Waals surface area contributed by atoms with Gasteiger partial charge in [0.15, 0.2) is 8.07 Å². The average Bonchev–Trinajstić information content (AvgIpc) is 3.69. The van der Waals surface area contributed by atoms with Crippen LogP contribution in [0.3, 0.4) is 0 Å². The Morgan fingerprint density at radius 1 is 0.320 bits per heavy atom. The van der Waals surface area contributed by atoms with Crippen LogP contribution in [0.2, 0.25) is 0 Å². The molecule has 9 aromatic rings. The Morgan fingerprint density at radius 3 is 1.32 bits per heavy atom. The molecule has 0 aliphatic carbocycles. The third kappa shape index (κ3) is 4.25. The van der Waals surface area contributed by atoms with Crippen molar-refractivity contribution < 1.29 is 0 Å². The summed E-state index contributed by atoms with van der Waals surface area (Å²) in [6.45, 7) is 0. The summed E-state index contributed by atoms with van der Waals surface area (Å²) < 4.78 is 2.44. The molecule has 0 N–H and O–H groups in total. The highest BCUT2D eigenvalue weighted by atomic mass is 28.3. The van der Waals surface area contributed by atoms with E-state index in [-0.39, 0.29) is 0 Å². The summed E-state index contributed by atoms with van der Waals surface area (Å²) in [7, 11) is -2.70. The highest BCUT2D eigenvalue weighted by Crippen LogP contribution is 2.35. The molecular formula is C48H33NSi. The Balaban J connectivity index is 1.23. The number of hydrogen-bond donors (Lipinski definition) is 0. The van der Waals surface area contributed by atoms with Crippen LogP contribution in [-0.2, 0) is 0 Å². The Bertz CT molecular complexity index is 2530. The number of hydrogen-bond acceptors (Lipinski definition) is 0. The number of aromatic nitrogens is 1. The van der Waals surface area contributed by atoms with Gasteiger partial charge in [0.1, 0.15) is 0 Å². The van der Waals surface area contributed by atoms with Crippen LogP contribution >= 0.6 is 0 Å². The van der Waals surface area contributed by atoms with Gasteiger partial charge in [0, 0.05) is 16.5 Å². The summed E-state index contributed by atoms with van der Waals surface area (Å²) in [5.74, 6) is 0. The van der Waals surface area contributed by atoms with Gasteiger partial charge in [-0.3, -0.25) is 0 Å². The van der Waals surface area contributed by atoms with Crippen molar-refractivity contribution in [1.29, 1.82) is 0 Å². The molecule has 0 saturated heterocycles. The second kappa shape index (κ2) is 11.4. The van der Waals surface area contributed by atoms with Crippen molar-refractivity contribution in [2.75, 3.05) is 0 Å². The quantitative estimate of drug-likeness (QED) is 0.163. The molecule has 8 aromatic carbocycles. The molecule has 0 spiro atoms. The Morgan fingerprint density at radius 2 is 0.760 bits per heavy atom. The lowest BCUT2D eigenvalue weighted by molar-refractivity contribution is 1.18. The second-order valence-corrected chi connectivity index (χ2v) is 17.0. The highest BCUT2D eigenvalue weighted by molar-refractivity contribution is 7.22. The second-order valence-electron chi connectivity index (χ2n) is 13.3. The van der Waals surface area contributed by atoms with Crippen molar-refractivity contribution in [2.24, 2.45) is 0 Å². The fraction of sp³-hybridized carbons (Fsp3) is 0. The van der Waals surface area contributed by atoms with Crippen molar-refractivity contribution in [3.8, 4) is 39.1 Å². The molecule has 2 heterocycles. The van der Waals surface area contributed by atoms with Crippen LogP contribution in [0, 0.1) is 0 Å². The number of para-hydroxylation sites is 2. The lowest BCUT2D eigenvalue weighted by atomic mass is 10.1. The Hall–Kier alpha value is -6.22. The van der Waals surface area contributed by atoms with E-state index in [1.54, 1.807) is 0 Å². The summed E-state index contributed by atoms with van der Waals surface area (Å²) in [6, 6.07) is 74.4. The van der Waals surface area contributed by atoms with Crippen molar-refractivity contribution in [3.63, 3.8) is 0 Å². The van der Waals surface area contributed by atoms with Crippen LogP contribution in [0.15, 0.2) is 200 Å². The smallest absolute Gasteiger partial charge is 0.180 e. The highest BCUT2D eigenvalue weighted by Gasteiger charge is 2.48. The van der Waals surface area contributed by atoms with Gasteiger partial charge in [-0.25, -0.2) is 0 Å². The summed E-state index contributed by atoms with van der Waals surface area (Å²) in [4.78, 5) is 0. The van der Waals surface area contributed by atoms with Crippen molar-refractivity contribution >= 4 is 50.6 Å². The average molecular weight is 652 g/mol. The summed E-state index contributed by atoms with van der Waals surface area (Å²) in [5, 5.41) is 8.27. The Kier molecular flexibility index (Phi) is 6.58. The first kappa shape index (κ1) is 28.8. The maximum absolute atomic E-state index is 2.70. The number of fused-ring (bicyclic) bond motifs is 6. The van der Waals surface area contributed by atoms with Crippen LogP contribution in [0.1, 0.15) is 0 Å². The monoisotopic (exact) mass is 651 g/mol. The van der Waals surface area contributed by atoms with E-state index in [9.17, 15) is 0 Å². The molecule has 0 fully saturated rings. The number of rotatable bonds is 5. The van der Waals surface area contributed by atoms with Gasteiger partial charge in [0.25, 0.3) is 0 Å². The van der Waals surface area contributed by atoms with Crippen LogP contribution in [0.4, 0.5) is 0 Å². The zero-order valence-electron chi connectivity index (χ0n) is 27.5. The van der Waals surface area contributed by atoms with Crippen molar-refractivity contribution in [2.45, 2.75) is 0 Å². The van der Waals surface area contributed by atoms with Crippen LogP contribution in [0.5, 0.6) is 0 Å². The summed E-state index contributed by atoms with van der Waals surface area (Å²) in [5.41, 5.74) is 11.3. The normalized spacial score (nSPS) is 13.0. The van der Waals surface area contributed by atoms with Gasteiger partial charge in [0.05, 0.1) is 11.0 Å². The first-order chi connectivity index (χ1) is 24.8. The van der Waals surface area contributed by atoms with Gasteiger partial charge in [-0.2, -0.15) is 0 Å². The molecule has 1 nitrogen and oxygen atoms in total. The third-order valence-corrected chi connectivity index (χ3v) is 15.6. The molecule has 1 aromatic heterocycles. The number of benzene rings is 8. The van der Waals surface area contributed by atoms with Gasteiger partial charge in [-0.05, 0) is 78.4 Å². The molecule has 1 aliphatic heterocycles. The van der Waals surface area contributed by atoms with Crippen molar-refractivity contribution in [3.05, 3.63) is 200 Å². The molecule has 0 bridgehead atoms. The molecule has 10 rings (SSSR count). The summed E-state index contributed by atoms with van der Waals surface area (Å²) in [6.07, 6.45) is 0. The zero-order chi connectivity index (χ0) is 33.1. The lowest BCUT2D eigenvalue weighted by Gasteiger charge is -2.31. The molecule has 0 radical (unpaired) electrons. The minimum absolute atomic E-state index is 1.19. The molecule has 0 saturated carbocycles. The van der Waals surface area contributed by atoms with Crippen molar-refractivity contribution in [1.82, 2.24) is 4.57 Å². The van der Waals surface area contributed by atoms with Gasteiger partial charge >= 0.3 is 0 Å². The fourth-order valence-electron chi connectivity index (χ4n) is 8.49. The largest absolute Gasteiger partial charge is 0.309 e. The van der Waals surface area contributed by atoms with Crippen LogP contribution < -0.4 is 20.7 Å². The minimum Gasteiger partial charge on any atom is -0.309 e. The topological polar surface area (TPSA) is 4.93 Å². The van der Waals surface area contributed by atoms with E-state index >= 15 is 0 Å². The standard InChI is InChI=1S/C48H33NSi/c1-3-13-34(14-4-1)36-23-28-39(29-24-36)50(40-30-25-37(26-31-40)35-15-5-2-6-16-35)47-22-12-9-19-43(47)44-33-38(27-32-48(44)50)49-45-20-10-7-17-41(45)42-18-8-11-21-46(42)49/h1-33H. The van der Waals surface area contributed by atoms with E-state index in [0.29, 0.717) is 0 Å². The SMILES string of the molecule is c1ccc(-c2ccc([Si]3(c4ccc(-c5ccccc5)cc4)c4ccccc4-c4cc(-n5c6ccccc6c6ccccc65)ccc43)cc2)cc1. The molecule has 0 amide bonds. The van der Waals surface area contributed by atoms with Crippen LogP contribution in [0.25, 0.3) is 60.9 Å². The molecule has 2 heteroatoms. The molecular weight excluding hydrogens is 619 g/mol. The Labute approximate surface area is 293 Å². The van der Waals surface area contributed by atoms with Gasteiger partial charge in [0.2, 0.25) is 0 Å². The van der Waals surface area contributed by atoms with Crippen LogP contribution in [-0.4, -0.2) is 12.6 Å². The van der Waals surface area contributed by atoms with E-state index in [1.807, 2.05) is 0 Å². The molecule has 0 atom stereocenters. The minimum atomic E-state index is -2.70. The van der Waals surface area contributed by atoms with Gasteiger partial charge < -0.3 is 4.57 Å². The third-order valence-electron chi connectivity index (χ3n) is 10.7. The van der Waals surface area contributed by atoms with E-state index in [2.05, 4.69) is 205 Å². The van der Waals surface area contributed by atoms with E-state index in [0.717, 1.165) is 0 Å². The van der Waals surface area contributed by atoms with Gasteiger partial charge in [-0.1, -0.05) is 176 Å². The predicted molar refractivity (Wildman–Crippen MR) is 214 cm³/mol. The number of nitrogens with zero attached hydrogens (tertiary/aromatic N) is 1. The zero-order valence-corrected chi connectivity index (χ0v) is 28.5.